The lowest BCUT2D eigenvalue weighted by atomic mass is 9.93. The summed E-state index contributed by atoms with van der Waals surface area (Å²) in [5.41, 5.74) is 6.30. The van der Waals surface area contributed by atoms with Crippen LogP contribution in [0.4, 0.5) is 0 Å². The number of benzene rings is 2. The van der Waals surface area contributed by atoms with Gasteiger partial charge in [-0.3, -0.25) is 9.59 Å². The third-order valence-corrected chi connectivity index (χ3v) is 5.11. The van der Waals surface area contributed by atoms with Crippen molar-refractivity contribution in [2.24, 2.45) is 11.7 Å². The zero-order valence-corrected chi connectivity index (χ0v) is 16.6. The Kier molecular flexibility index (Phi) is 7.50. The number of hydrogen-bond acceptors (Lipinski definition) is 4. The zero-order valence-electron chi connectivity index (χ0n) is 16.6. The fraction of sp³-hybridized carbons (Fsp3) is 0.391. The number of likely N-dealkylation sites (tertiary alicyclic amines) is 1. The standard InChI is InChI=1S/C23H28N2O4/c24-22(26)13-12-18-9-6-14-25(15-18)23(27)17-29-21-11-5-4-10-20(21)28-16-19-7-2-1-3-8-19/h1-5,7-8,10-11,18H,6,9,12-17H2,(H2,24,26). The smallest absolute Gasteiger partial charge is 0.260 e. The molecule has 6 heteroatoms. The first-order chi connectivity index (χ1) is 14.1. The van der Waals surface area contributed by atoms with Gasteiger partial charge in [0.05, 0.1) is 0 Å². The number of rotatable bonds is 9. The van der Waals surface area contributed by atoms with Crippen LogP contribution in [0.25, 0.3) is 0 Å². The third-order valence-electron chi connectivity index (χ3n) is 5.11. The molecule has 2 aromatic rings. The van der Waals surface area contributed by atoms with E-state index in [0.717, 1.165) is 31.4 Å². The van der Waals surface area contributed by atoms with Gasteiger partial charge in [0.1, 0.15) is 6.61 Å². The Hall–Kier alpha value is -3.02. The second kappa shape index (κ2) is 10.5. The second-order valence-corrected chi connectivity index (χ2v) is 7.36. The van der Waals surface area contributed by atoms with Gasteiger partial charge < -0.3 is 20.1 Å². The van der Waals surface area contributed by atoms with Crippen LogP contribution in [0.2, 0.25) is 0 Å². The molecule has 1 aliphatic heterocycles. The number of hydrogen-bond donors (Lipinski definition) is 1. The van der Waals surface area contributed by atoms with Crippen molar-refractivity contribution in [3.8, 4) is 11.5 Å². The number of carbonyl (C=O) groups is 2. The largest absolute Gasteiger partial charge is 0.485 e. The normalized spacial score (nSPS) is 16.3. The average molecular weight is 396 g/mol. The maximum absolute atomic E-state index is 12.6. The molecule has 0 saturated carbocycles. The molecule has 1 unspecified atom stereocenters. The lowest BCUT2D eigenvalue weighted by Crippen LogP contribution is -2.42. The van der Waals surface area contributed by atoms with E-state index < -0.39 is 0 Å². The van der Waals surface area contributed by atoms with Crippen LogP contribution in [0.15, 0.2) is 54.6 Å². The van der Waals surface area contributed by atoms with Gasteiger partial charge in [0.2, 0.25) is 5.91 Å². The van der Waals surface area contributed by atoms with Crippen molar-refractivity contribution in [3.05, 3.63) is 60.2 Å². The minimum atomic E-state index is -0.288. The highest BCUT2D eigenvalue weighted by Crippen LogP contribution is 2.28. The highest BCUT2D eigenvalue weighted by Gasteiger charge is 2.24. The summed E-state index contributed by atoms with van der Waals surface area (Å²) in [4.78, 5) is 25.4. The van der Waals surface area contributed by atoms with Crippen molar-refractivity contribution in [1.82, 2.24) is 4.90 Å². The molecule has 0 aliphatic carbocycles. The SMILES string of the molecule is NC(=O)CCC1CCCN(C(=O)COc2ccccc2OCc2ccccc2)C1. The van der Waals surface area contributed by atoms with Crippen molar-refractivity contribution in [1.29, 1.82) is 0 Å². The van der Waals surface area contributed by atoms with E-state index in [-0.39, 0.29) is 18.4 Å². The van der Waals surface area contributed by atoms with Gasteiger partial charge in [-0.05, 0) is 42.9 Å². The molecular formula is C23H28N2O4. The number of nitrogens with two attached hydrogens (primary N) is 1. The maximum Gasteiger partial charge on any atom is 0.260 e. The minimum absolute atomic E-state index is 0.0335. The quantitative estimate of drug-likeness (QED) is 0.706. The number of carbonyl (C=O) groups excluding carboxylic acids is 2. The molecule has 29 heavy (non-hydrogen) atoms. The van der Waals surface area contributed by atoms with Crippen LogP contribution in [-0.4, -0.2) is 36.4 Å². The fourth-order valence-corrected chi connectivity index (χ4v) is 3.53. The van der Waals surface area contributed by atoms with E-state index in [1.54, 1.807) is 6.07 Å². The highest BCUT2D eigenvalue weighted by molar-refractivity contribution is 5.78. The third kappa shape index (κ3) is 6.52. The summed E-state index contributed by atoms with van der Waals surface area (Å²) in [5, 5.41) is 0. The number of piperidine rings is 1. The molecular weight excluding hydrogens is 368 g/mol. The molecule has 1 aliphatic rings. The molecule has 1 atom stereocenters. The molecule has 154 valence electrons. The van der Waals surface area contributed by atoms with Crippen LogP contribution < -0.4 is 15.2 Å². The van der Waals surface area contributed by atoms with Gasteiger partial charge in [-0.1, -0.05) is 42.5 Å². The molecule has 2 N–H and O–H groups in total. The van der Waals surface area contributed by atoms with Crippen molar-refractivity contribution >= 4 is 11.8 Å². The Morgan fingerprint density at radius 2 is 1.69 bits per heavy atom. The molecule has 1 saturated heterocycles. The van der Waals surface area contributed by atoms with Gasteiger partial charge in [-0.25, -0.2) is 0 Å². The van der Waals surface area contributed by atoms with Gasteiger partial charge in [-0.2, -0.15) is 0 Å². The Bertz CT molecular complexity index is 810. The van der Waals surface area contributed by atoms with Crippen LogP contribution in [0, 0.1) is 5.92 Å². The lowest BCUT2D eigenvalue weighted by molar-refractivity contribution is -0.135. The van der Waals surface area contributed by atoms with Crippen LogP contribution in [0.5, 0.6) is 11.5 Å². The van der Waals surface area contributed by atoms with Gasteiger partial charge in [0, 0.05) is 19.5 Å². The molecule has 0 aromatic heterocycles. The van der Waals surface area contributed by atoms with E-state index in [4.69, 9.17) is 15.2 Å². The predicted octanol–water partition coefficient (Wildman–Crippen LogP) is 3.15. The van der Waals surface area contributed by atoms with Crippen LogP contribution >= 0.6 is 0 Å². The molecule has 3 rings (SSSR count). The van der Waals surface area contributed by atoms with Gasteiger partial charge in [0.15, 0.2) is 18.1 Å². The number of nitrogens with zero attached hydrogens (tertiary/aromatic N) is 1. The fourth-order valence-electron chi connectivity index (χ4n) is 3.53. The molecule has 0 spiro atoms. The lowest BCUT2D eigenvalue weighted by Gasteiger charge is -2.32. The highest BCUT2D eigenvalue weighted by atomic mass is 16.5. The van der Waals surface area contributed by atoms with E-state index in [0.29, 0.717) is 37.0 Å². The van der Waals surface area contributed by atoms with E-state index >= 15 is 0 Å². The monoisotopic (exact) mass is 396 g/mol. The van der Waals surface area contributed by atoms with E-state index in [1.165, 1.54) is 0 Å². The average Bonchev–Trinajstić information content (AvgIpc) is 2.76. The number of para-hydroxylation sites is 2. The Labute approximate surface area is 171 Å². The summed E-state index contributed by atoms with van der Waals surface area (Å²) < 4.78 is 11.7. The van der Waals surface area contributed by atoms with Gasteiger partial charge in [0.25, 0.3) is 5.91 Å². The van der Waals surface area contributed by atoms with Crippen LogP contribution in [-0.2, 0) is 16.2 Å². The summed E-state index contributed by atoms with van der Waals surface area (Å²) in [6.07, 6.45) is 3.06. The summed E-state index contributed by atoms with van der Waals surface area (Å²) in [5.74, 6) is 1.15. The molecule has 1 fully saturated rings. The van der Waals surface area contributed by atoms with Gasteiger partial charge in [-0.15, -0.1) is 0 Å². The second-order valence-electron chi connectivity index (χ2n) is 7.36. The van der Waals surface area contributed by atoms with Crippen molar-refractivity contribution in [2.45, 2.75) is 32.3 Å². The van der Waals surface area contributed by atoms with E-state index in [1.807, 2.05) is 53.4 Å². The first-order valence-corrected chi connectivity index (χ1v) is 10.1. The molecule has 2 aromatic carbocycles. The number of ether oxygens (including phenoxy) is 2. The summed E-state index contributed by atoms with van der Waals surface area (Å²) in [6, 6.07) is 17.3. The summed E-state index contributed by atoms with van der Waals surface area (Å²) >= 11 is 0. The molecule has 0 radical (unpaired) electrons. The maximum atomic E-state index is 12.6. The predicted molar refractivity (Wildman–Crippen MR) is 110 cm³/mol. The van der Waals surface area contributed by atoms with Crippen LogP contribution in [0.3, 0.4) is 0 Å². The minimum Gasteiger partial charge on any atom is -0.485 e. The molecule has 0 bridgehead atoms. The van der Waals surface area contributed by atoms with Crippen LogP contribution in [0.1, 0.15) is 31.2 Å². The Morgan fingerprint density at radius 1 is 1.00 bits per heavy atom. The van der Waals surface area contributed by atoms with Crippen molar-refractivity contribution in [2.75, 3.05) is 19.7 Å². The number of primary amides is 1. The topological polar surface area (TPSA) is 81.9 Å². The van der Waals surface area contributed by atoms with Gasteiger partial charge >= 0.3 is 0 Å². The summed E-state index contributed by atoms with van der Waals surface area (Å²) in [7, 11) is 0. The van der Waals surface area contributed by atoms with Crippen molar-refractivity contribution < 1.29 is 19.1 Å². The zero-order chi connectivity index (χ0) is 20.5. The van der Waals surface area contributed by atoms with E-state index in [2.05, 4.69) is 0 Å². The first-order valence-electron chi connectivity index (χ1n) is 10.1. The first kappa shape index (κ1) is 20.7. The number of amides is 2. The Balaban J connectivity index is 1.51. The Morgan fingerprint density at radius 3 is 2.41 bits per heavy atom. The molecule has 2 amide bonds. The summed E-state index contributed by atoms with van der Waals surface area (Å²) in [6.45, 7) is 1.78. The molecule has 6 nitrogen and oxygen atoms in total. The van der Waals surface area contributed by atoms with Crippen molar-refractivity contribution in [3.63, 3.8) is 0 Å². The van der Waals surface area contributed by atoms with E-state index in [9.17, 15) is 9.59 Å². The molecule has 1 heterocycles.